The Kier molecular flexibility index (Phi) is 5.22. The third-order valence-electron chi connectivity index (χ3n) is 3.52. The standard InChI is InChI=1S/C12H24N2O2/c1-3-5-10(8-16-2)14-11(15)12(9-13)6-4-7-12/h10H,3-9,13H2,1-2H3,(H,14,15). The van der Waals surface area contributed by atoms with Gasteiger partial charge in [0.25, 0.3) is 0 Å². The third kappa shape index (κ3) is 2.95. The number of carbonyl (C=O) groups is 1. The van der Waals surface area contributed by atoms with E-state index in [9.17, 15) is 4.79 Å². The first-order valence-electron chi connectivity index (χ1n) is 6.18. The van der Waals surface area contributed by atoms with E-state index in [4.69, 9.17) is 10.5 Å². The Hall–Kier alpha value is -0.610. The highest BCUT2D eigenvalue weighted by molar-refractivity contribution is 5.84. The third-order valence-corrected chi connectivity index (χ3v) is 3.52. The molecule has 0 aliphatic heterocycles. The molecule has 1 saturated carbocycles. The van der Waals surface area contributed by atoms with E-state index in [0.29, 0.717) is 13.2 Å². The minimum atomic E-state index is -0.278. The van der Waals surface area contributed by atoms with Gasteiger partial charge in [0.2, 0.25) is 5.91 Å². The Balaban J connectivity index is 2.46. The van der Waals surface area contributed by atoms with Crippen LogP contribution >= 0.6 is 0 Å². The maximum Gasteiger partial charge on any atom is 0.227 e. The fourth-order valence-electron chi connectivity index (χ4n) is 2.21. The molecule has 0 aromatic heterocycles. The smallest absolute Gasteiger partial charge is 0.227 e. The molecular weight excluding hydrogens is 204 g/mol. The van der Waals surface area contributed by atoms with Crippen molar-refractivity contribution >= 4 is 5.91 Å². The summed E-state index contributed by atoms with van der Waals surface area (Å²) in [5.74, 6) is 0.122. The van der Waals surface area contributed by atoms with Crippen molar-refractivity contribution in [1.82, 2.24) is 5.32 Å². The van der Waals surface area contributed by atoms with Gasteiger partial charge in [-0.2, -0.15) is 0 Å². The molecule has 0 spiro atoms. The minimum absolute atomic E-state index is 0.122. The van der Waals surface area contributed by atoms with Crippen molar-refractivity contribution in [2.45, 2.75) is 45.1 Å². The van der Waals surface area contributed by atoms with Crippen molar-refractivity contribution in [1.29, 1.82) is 0 Å². The van der Waals surface area contributed by atoms with Crippen molar-refractivity contribution in [3.05, 3.63) is 0 Å². The maximum atomic E-state index is 12.1. The topological polar surface area (TPSA) is 64.3 Å². The molecule has 0 heterocycles. The van der Waals surface area contributed by atoms with E-state index >= 15 is 0 Å². The first-order chi connectivity index (χ1) is 7.68. The number of hydrogen-bond donors (Lipinski definition) is 2. The number of nitrogens with two attached hydrogens (primary N) is 1. The Bertz CT molecular complexity index is 216. The molecule has 0 aromatic carbocycles. The number of carbonyl (C=O) groups excluding carboxylic acids is 1. The predicted molar refractivity (Wildman–Crippen MR) is 64.1 cm³/mol. The number of ether oxygens (including phenoxy) is 1. The van der Waals surface area contributed by atoms with Crippen LogP contribution in [0.1, 0.15) is 39.0 Å². The van der Waals surface area contributed by atoms with Crippen molar-refractivity contribution < 1.29 is 9.53 Å². The lowest BCUT2D eigenvalue weighted by Crippen LogP contribution is -2.53. The summed E-state index contributed by atoms with van der Waals surface area (Å²) in [7, 11) is 1.66. The fraction of sp³-hybridized carbons (Fsp3) is 0.917. The average molecular weight is 228 g/mol. The van der Waals surface area contributed by atoms with E-state index in [1.54, 1.807) is 7.11 Å². The van der Waals surface area contributed by atoms with Crippen LogP contribution in [0.5, 0.6) is 0 Å². The molecule has 4 heteroatoms. The van der Waals surface area contributed by atoms with E-state index in [-0.39, 0.29) is 17.4 Å². The zero-order valence-corrected chi connectivity index (χ0v) is 10.4. The molecule has 1 aliphatic carbocycles. The highest BCUT2D eigenvalue weighted by atomic mass is 16.5. The van der Waals surface area contributed by atoms with Crippen LogP contribution in [-0.2, 0) is 9.53 Å². The van der Waals surface area contributed by atoms with Crippen LogP contribution in [0.4, 0.5) is 0 Å². The zero-order valence-electron chi connectivity index (χ0n) is 10.4. The lowest BCUT2D eigenvalue weighted by atomic mass is 9.68. The van der Waals surface area contributed by atoms with Crippen LogP contribution in [0.3, 0.4) is 0 Å². The van der Waals surface area contributed by atoms with Crippen molar-refractivity contribution in [3.8, 4) is 0 Å². The molecule has 1 rings (SSSR count). The molecule has 0 aromatic rings. The van der Waals surface area contributed by atoms with E-state index in [1.165, 1.54) is 0 Å². The second kappa shape index (κ2) is 6.21. The molecule has 0 bridgehead atoms. The number of hydrogen-bond acceptors (Lipinski definition) is 3. The molecule has 4 nitrogen and oxygen atoms in total. The molecule has 0 radical (unpaired) electrons. The molecule has 1 atom stereocenters. The minimum Gasteiger partial charge on any atom is -0.383 e. The number of methoxy groups -OCH3 is 1. The molecule has 16 heavy (non-hydrogen) atoms. The van der Waals surface area contributed by atoms with Crippen LogP contribution in [-0.4, -0.2) is 32.2 Å². The second-order valence-electron chi connectivity index (χ2n) is 4.75. The Morgan fingerprint density at radius 2 is 2.25 bits per heavy atom. The second-order valence-corrected chi connectivity index (χ2v) is 4.75. The summed E-state index contributed by atoms with van der Waals surface area (Å²) in [5, 5.41) is 3.07. The lowest BCUT2D eigenvalue weighted by Gasteiger charge is -2.40. The van der Waals surface area contributed by atoms with Gasteiger partial charge < -0.3 is 15.8 Å². The first kappa shape index (κ1) is 13.5. The van der Waals surface area contributed by atoms with Gasteiger partial charge in [-0.25, -0.2) is 0 Å². The van der Waals surface area contributed by atoms with E-state index in [0.717, 1.165) is 32.1 Å². The number of amides is 1. The van der Waals surface area contributed by atoms with E-state index in [2.05, 4.69) is 12.2 Å². The monoisotopic (exact) mass is 228 g/mol. The molecular formula is C12H24N2O2. The van der Waals surface area contributed by atoms with Gasteiger partial charge in [0.05, 0.1) is 18.1 Å². The van der Waals surface area contributed by atoms with Gasteiger partial charge in [-0.3, -0.25) is 4.79 Å². The van der Waals surface area contributed by atoms with Gasteiger partial charge >= 0.3 is 0 Å². The highest BCUT2D eigenvalue weighted by Gasteiger charge is 2.43. The summed E-state index contributed by atoms with van der Waals surface area (Å²) < 4.78 is 5.11. The summed E-state index contributed by atoms with van der Waals surface area (Å²) in [6, 6.07) is 0.131. The van der Waals surface area contributed by atoms with Gasteiger partial charge in [0.1, 0.15) is 0 Å². The quantitative estimate of drug-likeness (QED) is 0.684. The van der Waals surface area contributed by atoms with Crippen molar-refractivity contribution in [3.63, 3.8) is 0 Å². The number of nitrogens with one attached hydrogen (secondary N) is 1. The summed E-state index contributed by atoms with van der Waals surface area (Å²) in [4.78, 5) is 12.1. The predicted octanol–water partition coefficient (Wildman–Crippen LogP) is 1.05. The molecule has 1 amide bonds. The normalized spacial score (nSPS) is 19.9. The van der Waals surface area contributed by atoms with Crippen LogP contribution in [0.25, 0.3) is 0 Å². The van der Waals surface area contributed by atoms with E-state index in [1.807, 2.05) is 0 Å². The highest BCUT2D eigenvalue weighted by Crippen LogP contribution is 2.40. The van der Waals surface area contributed by atoms with Gasteiger partial charge in [-0.1, -0.05) is 19.8 Å². The summed E-state index contributed by atoms with van der Waals surface area (Å²) in [6.07, 6.45) is 4.99. The zero-order chi connectivity index (χ0) is 12.0. The van der Waals surface area contributed by atoms with Gasteiger partial charge in [0.15, 0.2) is 0 Å². The summed E-state index contributed by atoms with van der Waals surface area (Å²) in [5.41, 5.74) is 5.42. The van der Waals surface area contributed by atoms with Crippen LogP contribution in [0.2, 0.25) is 0 Å². The first-order valence-corrected chi connectivity index (χ1v) is 6.18. The van der Waals surface area contributed by atoms with Crippen LogP contribution in [0, 0.1) is 5.41 Å². The molecule has 3 N–H and O–H groups in total. The Morgan fingerprint density at radius 1 is 1.56 bits per heavy atom. The lowest BCUT2D eigenvalue weighted by molar-refractivity contribution is -0.136. The van der Waals surface area contributed by atoms with Gasteiger partial charge in [-0.15, -0.1) is 0 Å². The fourth-order valence-corrected chi connectivity index (χ4v) is 2.21. The van der Waals surface area contributed by atoms with Gasteiger partial charge in [0, 0.05) is 13.7 Å². The molecule has 0 saturated heterocycles. The van der Waals surface area contributed by atoms with Crippen molar-refractivity contribution in [2.75, 3.05) is 20.3 Å². The van der Waals surface area contributed by atoms with E-state index < -0.39 is 0 Å². The summed E-state index contributed by atoms with van der Waals surface area (Å²) in [6.45, 7) is 3.15. The van der Waals surface area contributed by atoms with Crippen LogP contribution < -0.4 is 11.1 Å². The van der Waals surface area contributed by atoms with Crippen LogP contribution in [0.15, 0.2) is 0 Å². The SMILES string of the molecule is CCCC(COC)NC(=O)C1(CN)CCC1. The average Bonchev–Trinajstić information content (AvgIpc) is 2.17. The summed E-state index contributed by atoms with van der Waals surface area (Å²) >= 11 is 0. The molecule has 1 fully saturated rings. The van der Waals surface area contributed by atoms with Crippen molar-refractivity contribution in [2.24, 2.45) is 11.1 Å². The molecule has 94 valence electrons. The Morgan fingerprint density at radius 3 is 2.62 bits per heavy atom. The molecule has 1 unspecified atom stereocenters. The Labute approximate surface area is 97.9 Å². The largest absolute Gasteiger partial charge is 0.383 e. The molecule has 1 aliphatic rings. The van der Waals surface area contributed by atoms with Gasteiger partial charge in [-0.05, 0) is 19.3 Å². The maximum absolute atomic E-state index is 12.1. The number of rotatable bonds is 7.